The molecule has 0 amide bonds. The molecule has 0 aromatic rings. The van der Waals surface area contributed by atoms with Gasteiger partial charge in [0.2, 0.25) is 0 Å². The standard InChI is InChI=1S/C50H91O12P/c1-3-5-7-9-11-13-15-17-18-19-20-21-22-23-24-25-26-27-29-31-33-35-37-39-44(51)61-43(41-59-40-38-36-34-32-30-28-16-14-12-10-8-6-4-2)42-60-63(57,58)62-50-48(55)46(53)45(52)47(54)49(50)56/h5,7,11,13,17-18,20-21,43,45-50,52-56H,3-4,6,8-10,12,14-16,19,22-42H2,1-2H3,(H,57,58)/b7-5-,13-11-,18-17-,21-20-. The number of esters is 1. The number of rotatable bonds is 42. The second-order valence-corrected chi connectivity index (χ2v) is 18.7. The van der Waals surface area contributed by atoms with E-state index >= 15 is 0 Å². The Morgan fingerprint density at radius 2 is 0.937 bits per heavy atom. The maximum absolute atomic E-state index is 12.8. The largest absolute Gasteiger partial charge is 0.472 e. The zero-order valence-corrected chi connectivity index (χ0v) is 40.3. The van der Waals surface area contributed by atoms with Gasteiger partial charge in [-0.2, -0.15) is 0 Å². The molecule has 0 heterocycles. The van der Waals surface area contributed by atoms with Gasteiger partial charge in [-0.25, -0.2) is 4.57 Å². The van der Waals surface area contributed by atoms with Crippen LogP contribution in [-0.4, -0.2) is 98.9 Å². The van der Waals surface area contributed by atoms with Gasteiger partial charge < -0.3 is 39.9 Å². The zero-order chi connectivity index (χ0) is 46.2. The molecule has 0 aliphatic heterocycles. The highest BCUT2D eigenvalue weighted by Gasteiger charge is 2.51. The summed E-state index contributed by atoms with van der Waals surface area (Å²) in [6, 6.07) is 0. The fourth-order valence-electron chi connectivity index (χ4n) is 7.52. The molecule has 1 rings (SSSR count). The zero-order valence-electron chi connectivity index (χ0n) is 39.4. The van der Waals surface area contributed by atoms with Gasteiger partial charge in [-0.05, 0) is 51.4 Å². The van der Waals surface area contributed by atoms with E-state index in [0.29, 0.717) is 13.0 Å². The van der Waals surface area contributed by atoms with Gasteiger partial charge in [0.1, 0.15) is 42.7 Å². The topological polar surface area (TPSA) is 192 Å². The first-order chi connectivity index (χ1) is 30.5. The van der Waals surface area contributed by atoms with Crippen LogP contribution in [0.15, 0.2) is 48.6 Å². The van der Waals surface area contributed by atoms with Gasteiger partial charge in [0.05, 0.1) is 13.2 Å². The van der Waals surface area contributed by atoms with Gasteiger partial charge in [0.25, 0.3) is 0 Å². The summed E-state index contributed by atoms with van der Waals surface area (Å²) in [7, 11) is -5.02. The fraction of sp³-hybridized carbons (Fsp3) is 0.820. The Bertz CT molecular complexity index is 1230. The van der Waals surface area contributed by atoms with Crippen molar-refractivity contribution in [1.29, 1.82) is 0 Å². The van der Waals surface area contributed by atoms with Gasteiger partial charge in [-0.1, -0.05) is 191 Å². The van der Waals surface area contributed by atoms with Crippen molar-refractivity contribution in [3.8, 4) is 0 Å². The minimum atomic E-state index is -5.02. The van der Waals surface area contributed by atoms with Gasteiger partial charge in [0, 0.05) is 13.0 Å². The van der Waals surface area contributed by atoms with Crippen LogP contribution in [0.5, 0.6) is 0 Å². The highest BCUT2D eigenvalue weighted by molar-refractivity contribution is 7.47. The summed E-state index contributed by atoms with van der Waals surface area (Å²) in [6.07, 6.45) is 37.5. The maximum atomic E-state index is 12.8. The molecule has 1 aliphatic rings. The number of aliphatic hydroxyl groups is 5. The summed E-state index contributed by atoms with van der Waals surface area (Å²) in [5.41, 5.74) is 0. The Labute approximate surface area is 382 Å². The summed E-state index contributed by atoms with van der Waals surface area (Å²) < 4.78 is 34.2. The number of carbonyl (C=O) groups is 1. The molecule has 0 aromatic carbocycles. The first-order valence-electron chi connectivity index (χ1n) is 25.0. The number of phosphoric ester groups is 1. The molecule has 0 aromatic heterocycles. The molecule has 1 aliphatic carbocycles. The Morgan fingerprint density at radius 3 is 1.43 bits per heavy atom. The fourth-order valence-corrected chi connectivity index (χ4v) is 8.50. The predicted octanol–water partition coefficient (Wildman–Crippen LogP) is 10.8. The molecule has 6 atom stereocenters. The van der Waals surface area contributed by atoms with E-state index in [0.717, 1.165) is 70.6 Å². The van der Waals surface area contributed by atoms with Gasteiger partial charge in [-0.3, -0.25) is 13.8 Å². The first-order valence-corrected chi connectivity index (χ1v) is 26.5. The van der Waals surface area contributed by atoms with E-state index in [2.05, 4.69) is 62.5 Å². The molecule has 0 saturated heterocycles. The van der Waals surface area contributed by atoms with Crippen molar-refractivity contribution in [2.24, 2.45) is 0 Å². The van der Waals surface area contributed by atoms with E-state index in [-0.39, 0.29) is 13.0 Å². The number of allylic oxidation sites excluding steroid dienone is 8. The van der Waals surface area contributed by atoms with Crippen molar-refractivity contribution in [1.82, 2.24) is 0 Å². The van der Waals surface area contributed by atoms with Crippen molar-refractivity contribution in [3.63, 3.8) is 0 Å². The van der Waals surface area contributed by atoms with Gasteiger partial charge in [0.15, 0.2) is 0 Å². The molecule has 0 spiro atoms. The molecule has 1 fully saturated rings. The normalized spacial score (nSPS) is 22.2. The minimum Gasteiger partial charge on any atom is -0.457 e. The average molecular weight is 915 g/mol. The monoisotopic (exact) mass is 915 g/mol. The number of aliphatic hydroxyl groups excluding tert-OH is 5. The summed E-state index contributed by atoms with van der Waals surface area (Å²) in [5.74, 6) is -0.481. The summed E-state index contributed by atoms with van der Waals surface area (Å²) >= 11 is 0. The first kappa shape index (κ1) is 59.3. The van der Waals surface area contributed by atoms with Crippen LogP contribution < -0.4 is 0 Å². The predicted molar refractivity (Wildman–Crippen MR) is 253 cm³/mol. The lowest BCUT2D eigenvalue weighted by molar-refractivity contribution is -0.220. The van der Waals surface area contributed by atoms with Crippen LogP contribution in [0.4, 0.5) is 0 Å². The number of hydrogen-bond acceptors (Lipinski definition) is 11. The molecular formula is C50H91O12P. The Kier molecular flexibility index (Phi) is 38.2. The van der Waals surface area contributed by atoms with Crippen LogP contribution in [0.3, 0.4) is 0 Å². The molecule has 13 heteroatoms. The van der Waals surface area contributed by atoms with Crippen LogP contribution in [0.1, 0.15) is 200 Å². The van der Waals surface area contributed by atoms with Crippen LogP contribution in [0.2, 0.25) is 0 Å². The van der Waals surface area contributed by atoms with E-state index in [1.807, 2.05) is 0 Å². The highest BCUT2D eigenvalue weighted by atomic mass is 31.2. The molecule has 6 N–H and O–H groups in total. The van der Waals surface area contributed by atoms with E-state index in [1.54, 1.807) is 0 Å². The van der Waals surface area contributed by atoms with E-state index in [1.165, 1.54) is 103 Å². The van der Waals surface area contributed by atoms with Gasteiger partial charge >= 0.3 is 13.8 Å². The Hall–Kier alpha value is -1.70. The second kappa shape index (κ2) is 40.6. The van der Waals surface area contributed by atoms with Crippen LogP contribution in [0, 0.1) is 0 Å². The van der Waals surface area contributed by atoms with E-state index < -0.39 is 63.1 Å². The SMILES string of the molecule is CC/C=C\C/C=C\C/C=C\C/C=C\CCCCCCCCCCCCC(=O)OC(COCCCCCCCCCCCCCCC)COP(=O)(O)OC1C(O)C(O)C(O)C(O)C1O. The smallest absolute Gasteiger partial charge is 0.457 e. The van der Waals surface area contributed by atoms with E-state index in [9.17, 15) is 39.8 Å². The molecular weight excluding hydrogens is 824 g/mol. The number of ether oxygens (including phenoxy) is 2. The molecule has 0 radical (unpaired) electrons. The van der Waals surface area contributed by atoms with Crippen molar-refractivity contribution in [2.75, 3.05) is 19.8 Å². The molecule has 1 saturated carbocycles. The number of phosphoric acid groups is 1. The number of carbonyl (C=O) groups excluding carboxylic acids is 1. The molecule has 12 nitrogen and oxygen atoms in total. The molecule has 0 bridgehead atoms. The summed E-state index contributed by atoms with van der Waals surface area (Å²) in [5, 5.41) is 50.2. The third-order valence-electron chi connectivity index (χ3n) is 11.5. The number of unbranched alkanes of at least 4 members (excludes halogenated alkanes) is 22. The summed E-state index contributed by atoms with van der Waals surface area (Å²) in [4.78, 5) is 23.2. The van der Waals surface area contributed by atoms with E-state index in [4.69, 9.17) is 18.5 Å². The molecule has 63 heavy (non-hydrogen) atoms. The maximum Gasteiger partial charge on any atom is 0.472 e. The van der Waals surface area contributed by atoms with Crippen molar-refractivity contribution in [3.05, 3.63) is 48.6 Å². The third kappa shape index (κ3) is 32.6. The van der Waals surface area contributed by atoms with Crippen molar-refractivity contribution < 1.29 is 58.3 Å². The quantitative estimate of drug-likeness (QED) is 0.0147. The Balaban J connectivity index is 2.32. The lowest BCUT2D eigenvalue weighted by atomic mass is 9.85. The van der Waals surface area contributed by atoms with Gasteiger partial charge in [-0.15, -0.1) is 0 Å². The van der Waals surface area contributed by atoms with Crippen LogP contribution in [0.25, 0.3) is 0 Å². The molecule has 6 unspecified atom stereocenters. The summed E-state index contributed by atoms with van der Waals surface area (Å²) in [6.45, 7) is 4.16. The number of hydrogen-bond donors (Lipinski definition) is 6. The third-order valence-corrected chi connectivity index (χ3v) is 12.5. The van der Waals surface area contributed by atoms with Crippen molar-refractivity contribution >= 4 is 13.8 Å². The van der Waals surface area contributed by atoms with Crippen molar-refractivity contribution in [2.45, 2.75) is 243 Å². The lowest BCUT2D eigenvalue weighted by Gasteiger charge is -2.41. The highest BCUT2D eigenvalue weighted by Crippen LogP contribution is 2.47. The average Bonchev–Trinajstić information content (AvgIpc) is 3.27. The minimum absolute atomic E-state index is 0.0767. The van der Waals surface area contributed by atoms with Crippen LogP contribution in [-0.2, 0) is 27.9 Å². The molecule has 368 valence electrons. The van der Waals surface area contributed by atoms with Crippen LogP contribution >= 0.6 is 7.82 Å². The second-order valence-electron chi connectivity index (χ2n) is 17.3. The lowest BCUT2D eigenvalue weighted by Crippen LogP contribution is -2.64. The Morgan fingerprint density at radius 1 is 0.524 bits per heavy atom.